The summed E-state index contributed by atoms with van der Waals surface area (Å²) in [4.78, 5) is 39.9. The number of amides is 1. The van der Waals surface area contributed by atoms with E-state index >= 15 is 4.39 Å². The van der Waals surface area contributed by atoms with Crippen LogP contribution in [0.2, 0.25) is 0 Å². The minimum atomic E-state index is -4.76. The van der Waals surface area contributed by atoms with Gasteiger partial charge in [0.25, 0.3) is 21.9 Å². The fourth-order valence-corrected chi connectivity index (χ4v) is 11.6. The second kappa shape index (κ2) is 17.8. The Morgan fingerprint density at radius 2 is 1.77 bits per heavy atom. The maximum atomic E-state index is 15.4. The van der Waals surface area contributed by atoms with Crippen LogP contribution < -0.4 is 19.7 Å². The van der Waals surface area contributed by atoms with Crippen LogP contribution in [0.5, 0.6) is 11.5 Å². The zero-order chi connectivity index (χ0) is 46.5. The number of hydrogen-bond donors (Lipinski definition) is 4. The van der Waals surface area contributed by atoms with Crippen molar-refractivity contribution in [3.63, 3.8) is 0 Å². The van der Waals surface area contributed by atoms with E-state index in [1.54, 1.807) is 13.0 Å². The molecule has 5 heterocycles. The number of nitrogens with zero attached hydrogens (tertiary/aromatic N) is 5. The van der Waals surface area contributed by atoms with Crippen LogP contribution in [0.1, 0.15) is 112 Å². The summed E-state index contributed by atoms with van der Waals surface area (Å²) in [6.45, 7) is 10.1. The number of aromatic nitrogens is 3. The summed E-state index contributed by atoms with van der Waals surface area (Å²) in [5.74, 6) is -2.69. The van der Waals surface area contributed by atoms with E-state index in [1.165, 1.54) is 42.5 Å². The van der Waals surface area contributed by atoms with Gasteiger partial charge in [-0.25, -0.2) is 22.5 Å². The lowest BCUT2D eigenvalue weighted by molar-refractivity contribution is -0.384. The van der Waals surface area contributed by atoms with Crippen LogP contribution in [0, 0.1) is 33.2 Å². The van der Waals surface area contributed by atoms with Crippen molar-refractivity contribution in [2.24, 2.45) is 11.3 Å². The molecule has 3 aromatic heterocycles. The number of hydrogen-bond acceptors (Lipinski definition) is 12. The summed E-state index contributed by atoms with van der Waals surface area (Å²) in [6.07, 6.45) is 9.99. The smallest absolute Gasteiger partial charge is 0.312 e. The Labute approximate surface area is 382 Å². The summed E-state index contributed by atoms with van der Waals surface area (Å²) < 4.78 is 65.4. The molecule has 4 fully saturated rings. The molecule has 0 radical (unpaired) electrons. The van der Waals surface area contributed by atoms with Gasteiger partial charge in [0.2, 0.25) is 5.82 Å². The number of ether oxygens (including phenoxy) is 1. The molecule has 2 saturated heterocycles. The molecule has 0 bridgehead atoms. The van der Waals surface area contributed by atoms with Gasteiger partial charge < -0.3 is 25.0 Å². The number of piperidine rings is 1. The van der Waals surface area contributed by atoms with Crippen LogP contribution in [-0.2, 0) is 10.0 Å². The minimum Gasteiger partial charge on any atom is -0.452 e. The van der Waals surface area contributed by atoms with Crippen LogP contribution in [-0.4, -0.2) is 88.6 Å². The van der Waals surface area contributed by atoms with E-state index in [4.69, 9.17) is 4.74 Å². The van der Waals surface area contributed by atoms with E-state index < -0.39 is 54.6 Å². The molecule has 2 atom stereocenters. The molecule has 4 N–H and O–H groups in total. The standard InChI is InChI=1S/C48H56F2N8O7S/c1-29(2)33-7-4-5-8-34(33)35-9-6-10-39(35)57-27-48(28-57)17-19-56(20-18-48)31-11-12-36(41(21-31)65-42-23-37-38(49)26-53-44(37)54-43(42)50)46(59)55-66(63,64)32-22-40(58(61)62)45(52-25-32)51-24-30-13-15-47(3,60)16-14-30/h4-5,7-8,11-12,21-23,25-26,29-30,35,39,60H,6,9-10,13-20,24,27-28H2,1-3H3,(H,51,52)(H,53,54)(H,55,59)/t30?,35-,39-,47?/m1/s1. The number of likely N-dealkylation sites (tertiary alicyclic amines) is 1. The second-order valence-corrected chi connectivity index (χ2v) is 21.1. The van der Waals surface area contributed by atoms with Gasteiger partial charge in [-0.3, -0.25) is 19.8 Å². The van der Waals surface area contributed by atoms with Crippen molar-refractivity contribution in [1.82, 2.24) is 24.6 Å². The third-order valence-electron chi connectivity index (χ3n) is 14.5. The van der Waals surface area contributed by atoms with Gasteiger partial charge in [-0.2, -0.15) is 9.37 Å². The summed E-state index contributed by atoms with van der Waals surface area (Å²) in [7, 11) is -4.76. The molecule has 9 rings (SSSR count). The van der Waals surface area contributed by atoms with Gasteiger partial charge in [0.05, 0.1) is 27.7 Å². The Morgan fingerprint density at radius 1 is 1.03 bits per heavy atom. The maximum absolute atomic E-state index is 15.4. The van der Waals surface area contributed by atoms with Gasteiger partial charge in [0, 0.05) is 62.8 Å². The van der Waals surface area contributed by atoms with Crippen LogP contribution in [0.25, 0.3) is 11.0 Å². The number of fused-ring (bicyclic) bond motifs is 1. The van der Waals surface area contributed by atoms with Gasteiger partial charge in [0.15, 0.2) is 5.75 Å². The number of carbonyl (C=O) groups excluding carboxylic acids is 1. The fraction of sp³-hybridized carbons (Fsp3) is 0.479. The third-order valence-corrected chi connectivity index (χ3v) is 15.8. The minimum absolute atomic E-state index is 0.0528. The molecule has 18 heteroatoms. The number of aliphatic hydroxyl groups is 1. The number of H-pyrrole nitrogens is 1. The monoisotopic (exact) mass is 926 g/mol. The number of pyridine rings is 2. The number of aromatic amines is 1. The summed E-state index contributed by atoms with van der Waals surface area (Å²) in [6, 6.07) is 15.9. The molecule has 2 aliphatic heterocycles. The molecule has 66 heavy (non-hydrogen) atoms. The number of sulfonamides is 1. The quantitative estimate of drug-likeness (QED) is 0.0499. The molecule has 2 aliphatic carbocycles. The highest BCUT2D eigenvalue weighted by molar-refractivity contribution is 7.90. The van der Waals surface area contributed by atoms with Crippen molar-refractivity contribution in [3.8, 4) is 11.5 Å². The van der Waals surface area contributed by atoms with Gasteiger partial charge >= 0.3 is 5.69 Å². The zero-order valence-electron chi connectivity index (χ0n) is 37.4. The van der Waals surface area contributed by atoms with Crippen molar-refractivity contribution in [2.45, 2.75) is 107 Å². The zero-order valence-corrected chi connectivity index (χ0v) is 38.2. The average molecular weight is 927 g/mol. The van der Waals surface area contributed by atoms with E-state index in [0.29, 0.717) is 68.9 Å². The first-order valence-corrected chi connectivity index (χ1v) is 24.4. The Kier molecular flexibility index (Phi) is 12.3. The van der Waals surface area contributed by atoms with Crippen molar-refractivity contribution in [1.29, 1.82) is 0 Å². The fourth-order valence-electron chi connectivity index (χ4n) is 10.7. The van der Waals surface area contributed by atoms with Gasteiger partial charge in [-0.05, 0) is 111 Å². The van der Waals surface area contributed by atoms with Crippen LogP contribution in [0.4, 0.5) is 26.0 Å². The first-order valence-electron chi connectivity index (χ1n) is 22.9. The summed E-state index contributed by atoms with van der Waals surface area (Å²) >= 11 is 0. The highest BCUT2D eigenvalue weighted by atomic mass is 32.2. The molecule has 15 nitrogen and oxygen atoms in total. The molecule has 1 spiro atoms. The highest BCUT2D eigenvalue weighted by Gasteiger charge is 2.49. The van der Waals surface area contributed by atoms with Crippen LogP contribution >= 0.6 is 0 Å². The average Bonchev–Trinajstić information content (AvgIpc) is 3.91. The Balaban J connectivity index is 0.917. The second-order valence-electron chi connectivity index (χ2n) is 19.4. The Hall–Kier alpha value is -5.72. The lowest BCUT2D eigenvalue weighted by Crippen LogP contribution is -2.63. The summed E-state index contributed by atoms with van der Waals surface area (Å²) in [5, 5.41) is 25.3. The van der Waals surface area contributed by atoms with Gasteiger partial charge in [-0.1, -0.05) is 44.5 Å². The van der Waals surface area contributed by atoms with E-state index in [2.05, 4.69) is 68.2 Å². The number of rotatable bonds is 13. The van der Waals surface area contributed by atoms with Gasteiger partial charge in [-0.15, -0.1) is 0 Å². The molecule has 350 valence electrons. The molecule has 0 unspecified atom stereocenters. The number of anilines is 2. The molecule has 2 saturated carbocycles. The lowest BCUT2D eigenvalue weighted by atomic mass is 9.70. The van der Waals surface area contributed by atoms with Crippen LogP contribution in [0.15, 0.2) is 71.9 Å². The number of nitrogens with one attached hydrogen (secondary N) is 3. The predicted octanol–water partition coefficient (Wildman–Crippen LogP) is 8.77. The topological polar surface area (TPSA) is 196 Å². The Bertz CT molecular complexity index is 2760. The van der Waals surface area contributed by atoms with Crippen molar-refractivity contribution >= 4 is 44.2 Å². The maximum Gasteiger partial charge on any atom is 0.312 e. The third kappa shape index (κ3) is 9.19. The lowest BCUT2D eigenvalue weighted by Gasteiger charge is -2.57. The largest absolute Gasteiger partial charge is 0.452 e. The van der Waals surface area contributed by atoms with E-state index in [1.807, 2.05) is 4.72 Å². The van der Waals surface area contributed by atoms with Crippen molar-refractivity contribution in [2.75, 3.05) is 42.9 Å². The van der Waals surface area contributed by atoms with Crippen LogP contribution in [0.3, 0.4) is 0 Å². The molecular formula is C48H56F2N8O7S. The highest BCUT2D eigenvalue weighted by Crippen LogP contribution is 2.49. The number of nitro groups is 1. The van der Waals surface area contributed by atoms with Gasteiger partial charge in [0.1, 0.15) is 22.1 Å². The number of halogens is 2. The number of carbonyl (C=O) groups is 1. The van der Waals surface area contributed by atoms with E-state index in [-0.39, 0.29) is 39.5 Å². The molecule has 1 amide bonds. The van der Waals surface area contributed by atoms with Crippen molar-refractivity contribution in [3.05, 3.63) is 106 Å². The molecular weight excluding hydrogens is 871 g/mol. The number of benzene rings is 2. The summed E-state index contributed by atoms with van der Waals surface area (Å²) in [5.41, 5.74) is 2.04. The van der Waals surface area contributed by atoms with E-state index in [0.717, 1.165) is 50.5 Å². The normalized spacial score (nSPS) is 23.3. The van der Waals surface area contributed by atoms with Crippen molar-refractivity contribution < 1.29 is 36.8 Å². The Morgan fingerprint density at radius 3 is 2.50 bits per heavy atom. The molecule has 5 aromatic rings. The van der Waals surface area contributed by atoms with E-state index in [9.17, 15) is 32.8 Å². The SMILES string of the molecule is CC(C)c1ccccc1[C@H]1CCC[C@H]1N1CC2(CCN(c3ccc(C(=O)NS(=O)(=O)c4cnc(NCC5CCC(C)(O)CC5)c([N+](=O)[O-])c4)c(Oc4cc5c(F)c[nH]c5nc4F)c3)CC2)C1. The molecule has 2 aromatic carbocycles. The molecule has 4 aliphatic rings. The first kappa shape index (κ1) is 45.4. The predicted molar refractivity (Wildman–Crippen MR) is 246 cm³/mol. The first-order chi connectivity index (χ1) is 31.5.